The molecule has 0 fully saturated rings. The molecule has 0 spiro atoms. The van der Waals surface area contributed by atoms with Gasteiger partial charge >= 0.3 is 0 Å². The molecule has 14 heavy (non-hydrogen) atoms. The lowest BCUT2D eigenvalue weighted by atomic mass is 9.93. The lowest BCUT2D eigenvalue weighted by Gasteiger charge is -2.28. The smallest absolute Gasteiger partial charge is 0.245 e. The maximum absolute atomic E-state index is 5.66. The van der Waals surface area contributed by atoms with Gasteiger partial charge in [-0.05, 0) is 22.4 Å². The summed E-state index contributed by atoms with van der Waals surface area (Å²) in [5.41, 5.74) is 5.73. The molecule has 2 N–H and O–H groups in total. The first-order valence-corrected chi connectivity index (χ1v) is 4.60. The van der Waals surface area contributed by atoms with E-state index in [-0.39, 0.29) is 5.41 Å². The van der Waals surface area contributed by atoms with Crippen LogP contribution in [-0.4, -0.2) is 40.3 Å². The fourth-order valence-corrected chi connectivity index (χ4v) is 1.33. The van der Waals surface area contributed by atoms with Crippen molar-refractivity contribution in [2.24, 2.45) is 18.2 Å². The molecule has 0 bridgehead atoms. The SMILES string of the molecule is CN(CC(C)(C)CN)c1nnnn1C. The van der Waals surface area contributed by atoms with E-state index in [2.05, 4.69) is 29.4 Å². The predicted molar refractivity (Wildman–Crippen MR) is 54.9 cm³/mol. The summed E-state index contributed by atoms with van der Waals surface area (Å²) in [7, 11) is 3.78. The summed E-state index contributed by atoms with van der Waals surface area (Å²) >= 11 is 0. The summed E-state index contributed by atoms with van der Waals surface area (Å²) in [5, 5.41) is 11.3. The first kappa shape index (κ1) is 10.9. The van der Waals surface area contributed by atoms with Crippen molar-refractivity contribution in [3.05, 3.63) is 0 Å². The molecule has 0 aliphatic rings. The minimum atomic E-state index is 0.0701. The standard InChI is InChI=1S/C8H18N6/c1-8(2,5-9)6-13(3)7-10-11-12-14(7)4/h5-6,9H2,1-4H3. The fraction of sp³-hybridized carbons (Fsp3) is 0.875. The normalized spacial score (nSPS) is 11.8. The van der Waals surface area contributed by atoms with E-state index in [1.54, 1.807) is 4.68 Å². The first-order chi connectivity index (χ1) is 6.46. The molecule has 6 nitrogen and oxygen atoms in total. The van der Waals surface area contributed by atoms with Gasteiger partial charge in [0.1, 0.15) is 0 Å². The second-order valence-electron chi connectivity index (χ2n) is 4.33. The van der Waals surface area contributed by atoms with Crippen LogP contribution in [0, 0.1) is 5.41 Å². The van der Waals surface area contributed by atoms with Crippen LogP contribution in [0.4, 0.5) is 5.95 Å². The lowest BCUT2D eigenvalue weighted by Crippen LogP contribution is -2.37. The Morgan fingerprint density at radius 3 is 2.57 bits per heavy atom. The molecule has 1 heterocycles. The third-order valence-corrected chi connectivity index (χ3v) is 2.16. The molecule has 0 unspecified atom stereocenters. The molecule has 1 rings (SSSR count). The summed E-state index contributed by atoms with van der Waals surface area (Å²) in [6, 6.07) is 0. The van der Waals surface area contributed by atoms with Gasteiger partial charge in [-0.1, -0.05) is 18.9 Å². The van der Waals surface area contributed by atoms with E-state index >= 15 is 0 Å². The van der Waals surface area contributed by atoms with Crippen molar-refractivity contribution in [3.63, 3.8) is 0 Å². The lowest BCUT2D eigenvalue weighted by molar-refractivity contribution is 0.382. The predicted octanol–water partition coefficient (Wildman–Crippen LogP) is -0.369. The van der Waals surface area contributed by atoms with Crippen LogP contribution in [0.3, 0.4) is 0 Å². The number of nitrogens with zero attached hydrogens (tertiary/aromatic N) is 5. The molecular weight excluding hydrogens is 180 g/mol. The number of aromatic nitrogens is 4. The minimum Gasteiger partial charge on any atom is -0.342 e. The monoisotopic (exact) mass is 198 g/mol. The molecule has 0 aliphatic carbocycles. The van der Waals surface area contributed by atoms with Crippen LogP contribution in [-0.2, 0) is 7.05 Å². The van der Waals surface area contributed by atoms with Crippen molar-refractivity contribution in [2.45, 2.75) is 13.8 Å². The largest absolute Gasteiger partial charge is 0.342 e. The van der Waals surface area contributed by atoms with Crippen molar-refractivity contribution in [2.75, 3.05) is 25.0 Å². The van der Waals surface area contributed by atoms with E-state index in [0.717, 1.165) is 12.5 Å². The molecule has 0 atom stereocenters. The van der Waals surface area contributed by atoms with E-state index in [4.69, 9.17) is 5.73 Å². The number of hydrogen-bond acceptors (Lipinski definition) is 5. The van der Waals surface area contributed by atoms with Gasteiger partial charge in [0.25, 0.3) is 0 Å². The van der Waals surface area contributed by atoms with Gasteiger partial charge in [0.15, 0.2) is 0 Å². The Bertz CT molecular complexity index is 292. The van der Waals surface area contributed by atoms with E-state index in [1.165, 1.54) is 0 Å². The molecule has 1 aromatic rings. The highest BCUT2D eigenvalue weighted by molar-refractivity contribution is 5.26. The summed E-state index contributed by atoms with van der Waals surface area (Å²) in [6.45, 7) is 5.71. The van der Waals surface area contributed by atoms with Crippen LogP contribution in [0.25, 0.3) is 0 Å². The van der Waals surface area contributed by atoms with Crippen molar-refractivity contribution >= 4 is 5.95 Å². The van der Waals surface area contributed by atoms with Crippen LogP contribution < -0.4 is 10.6 Å². The van der Waals surface area contributed by atoms with E-state index in [1.807, 2.05) is 19.0 Å². The maximum atomic E-state index is 5.66. The molecule has 80 valence electrons. The Morgan fingerprint density at radius 2 is 2.14 bits per heavy atom. The van der Waals surface area contributed by atoms with Crippen LogP contribution >= 0.6 is 0 Å². The van der Waals surface area contributed by atoms with Crippen LogP contribution in [0.15, 0.2) is 0 Å². The van der Waals surface area contributed by atoms with Crippen molar-refractivity contribution in [1.29, 1.82) is 0 Å². The number of hydrogen-bond donors (Lipinski definition) is 1. The highest BCUT2D eigenvalue weighted by Crippen LogP contribution is 2.16. The molecule has 0 saturated carbocycles. The van der Waals surface area contributed by atoms with Crippen molar-refractivity contribution in [1.82, 2.24) is 20.2 Å². The molecule has 0 amide bonds. The van der Waals surface area contributed by atoms with E-state index in [9.17, 15) is 0 Å². The Morgan fingerprint density at radius 1 is 1.50 bits per heavy atom. The zero-order valence-corrected chi connectivity index (χ0v) is 9.23. The molecule has 0 aromatic carbocycles. The summed E-state index contributed by atoms with van der Waals surface area (Å²) in [6.07, 6.45) is 0. The van der Waals surface area contributed by atoms with Gasteiger partial charge in [-0.15, -0.1) is 0 Å². The van der Waals surface area contributed by atoms with E-state index < -0.39 is 0 Å². The van der Waals surface area contributed by atoms with E-state index in [0.29, 0.717) is 6.54 Å². The van der Waals surface area contributed by atoms with Crippen LogP contribution in [0.5, 0.6) is 0 Å². The maximum Gasteiger partial charge on any atom is 0.245 e. The highest BCUT2D eigenvalue weighted by atomic mass is 15.6. The Kier molecular flexibility index (Phi) is 3.05. The summed E-state index contributed by atoms with van der Waals surface area (Å²) < 4.78 is 1.65. The molecule has 0 radical (unpaired) electrons. The second kappa shape index (κ2) is 3.91. The third-order valence-electron chi connectivity index (χ3n) is 2.16. The Balaban J connectivity index is 2.68. The van der Waals surface area contributed by atoms with Gasteiger partial charge in [0.05, 0.1) is 0 Å². The van der Waals surface area contributed by atoms with Crippen LogP contribution in [0.2, 0.25) is 0 Å². The van der Waals surface area contributed by atoms with Gasteiger partial charge in [0.2, 0.25) is 5.95 Å². The molecule has 0 aliphatic heterocycles. The first-order valence-electron chi connectivity index (χ1n) is 4.60. The topological polar surface area (TPSA) is 72.9 Å². The minimum absolute atomic E-state index is 0.0701. The van der Waals surface area contributed by atoms with Gasteiger partial charge in [-0.25, -0.2) is 4.68 Å². The number of anilines is 1. The van der Waals surface area contributed by atoms with Gasteiger partial charge in [0, 0.05) is 20.6 Å². The van der Waals surface area contributed by atoms with Gasteiger partial charge < -0.3 is 10.6 Å². The Labute approximate surface area is 84.1 Å². The fourth-order valence-electron chi connectivity index (χ4n) is 1.33. The average Bonchev–Trinajstić information content (AvgIpc) is 2.51. The van der Waals surface area contributed by atoms with Crippen molar-refractivity contribution < 1.29 is 0 Å². The number of rotatable bonds is 4. The highest BCUT2D eigenvalue weighted by Gasteiger charge is 2.20. The third kappa shape index (κ3) is 2.41. The molecule has 6 heteroatoms. The quantitative estimate of drug-likeness (QED) is 0.714. The Hall–Kier alpha value is -1.17. The average molecular weight is 198 g/mol. The second-order valence-corrected chi connectivity index (χ2v) is 4.33. The van der Waals surface area contributed by atoms with Gasteiger partial charge in [-0.3, -0.25) is 0 Å². The molecule has 0 saturated heterocycles. The zero-order chi connectivity index (χ0) is 10.8. The van der Waals surface area contributed by atoms with Crippen LogP contribution in [0.1, 0.15) is 13.8 Å². The summed E-state index contributed by atoms with van der Waals surface area (Å²) in [5.74, 6) is 0.756. The molecule has 1 aromatic heterocycles. The number of tetrazole rings is 1. The molecular formula is C8H18N6. The van der Waals surface area contributed by atoms with Gasteiger partial charge in [-0.2, -0.15) is 0 Å². The number of nitrogens with two attached hydrogens (primary N) is 1. The number of aryl methyl sites for hydroxylation is 1. The summed E-state index contributed by atoms with van der Waals surface area (Å²) in [4.78, 5) is 2.01. The zero-order valence-electron chi connectivity index (χ0n) is 9.23. The van der Waals surface area contributed by atoms with Crippen molar-refractivity contribution in [3.8, 4) is 0 Å².